The van der Waals surface area contributed by atoms with Crippen LogP contribution < -0.4 is 10.1 Å². The summed E-state index contributed by atoms with van der Waals surface area (Å²) in [6.45, 7) is 2.09. The van der Waals surface area contributed by atoms with Gasteiger partial charge in [0.1, 0.15) is 12.4 Å². The number of benzene rings is 1. The van der Waals surface area contributed by atoms with E-state index in [1.807, 2.05) is 37.4 Å². The minimum Gasteiger partial charge on any atom is -0.492 e. The number of ether oxygens (including phenoxy) is 1. The second-order valence-electron chi connectivity index (χ2n) is 4.57. The lowest BCUT2D eigenvalue weighted by Crippen LogP contribution is -2.43. The number of hydrogen-bond donors (Lipinski definition) is 1. The van der Waals surface area contributed by atoms with Crippen molar-refractivity contribution in [3.8, 4) is 5.75 Å². The minimum absolute atomic E-state index is 0.00623. The molecule has 1 aromatic carbocycles. The minimum atomic E-state index is 0.00623. The van der Waals surface area contributed by atoms with Crippen LogP contribution in [0, 0.1) is 0 Å². The Morgan fingerprint density at radius 1 is 1.44 bits per heavy atom. The van der Waals surface area contributed by atoms with Gasteiger partial charge in [-0.05, 0) is 31.5 Å². The number of carbonyl (C=O) groups excluding carboxylic acids is 1. The topological polar surface area (TPSA) is 41.6 Å². The Hall–Kier alpha value is -1.55. The predicted molar refractivity (Wildman–Crippen MR) is 70.6 cm³/mol. The Labute approximate surface area is 108 Å². The molecule has 1 heterocycles. The second kappa shape index (κ2) is 6.40. The van der Waals surface area contributed by atoms with Crippen molar-refractivity contribution >= 4 is 5.91 Å². The molecule has 1 fully saturated rings. The van der Waals surface area contributed by atoms with Crippen LogP contribution in [-0.2, 0) is 4.79 Å². The van der Waals surface area contributed by atoms with Gasteiger partial charge in [0.25, 0.3) is 0 Å². The van der Waals surface area contributed by atoms with Crippen LogP contribution >= 0.6 is 0 Å². The van der Waals surface area contributed by atoms with Crippen molar-refractivity contribution in [2.75, 3.05) is 26.7 Å². The zero-order valence-corrected chi connectivity index (χ0v) is 10.8. The van der Waals surface area contributed by atoms with Crippen LogP contribution in [0.2, 0.25) is 0 Å². The highest BCUT2D eigenvalue weighted by Gasteiger charge is 2.24. The Morgan fingerprint density at radius 3 is 2.89 bits per heavy atom. The van der Waals surface area contributed by atoms with E-state index in [-0.39, 0.29) is 11.9 Å². The second-order valence-corrected chi connectivity index (χ2v) is 4.57. The van der Waals surface area contributed by atoms with Crippen LogP contribution in [0.4, 0.5) is 0 Å². The first kappa shape index (κ1) is 12.9. The summed E-state index contributed by atoms with van der Waals surface area (Å²) in [6.07, 6.45) is 2.04. The average molecular weight is 248 g/mol. The van der Waals surface area contributed by atoms with Gasteiger partial charge in [-0.25, -0.2) is 0 Å². The van der Waals surface area contributed by atoms with Crippen LogP contribution in [-0.4, -0.2) is 43.6 Å². The van der Waals surface area contributed by atoms with Crippen LogP contribution in [0.1, 0.15) is 12.8 Å². The average Bonchev–Trinajstić information content (AvgIpc) is 2.93. The number of hydrogen-bond acceptors (Lipinski definition) is 3. The Morgan fingerprint density at radius 2 is 2.22 bits per heavy atom. The Bertz CT molecular complexity index is 375. The third-order valence-electron chi connectivity index (χ3n) is 3.17. The molecule has 1 saturated heterocycles. The van der Waals surface area contributed by atoms with Crippen molar-refractivity contribution in [3.05, 3.63) is 30.3 Å². The van der Waals surface area contributed by atoms with Gasteiger partial charge >= 0.3 is 0 Å². The molecule has 0 aromatic heterocycles. The molecule has 1 N–H and O–H groups in total. The molecule has 1 aliphatic rings. The summed E-state index contributed by atoms with van der Waals surface area (Å²) in [4.78, 5) is 13.7. The molecule has 1 atom stereocenters. The molecular weight excluding hydrogens is 228 g/mol. The maximum Gasteiger partial charge on any atom is 0.239 e. The third-order valence-corrected chi connectivity index (χ3v) is 3.17. The summed E-state index contributed by atoms with van der Waals surface area (Å²) in [5.74, 6) is 1.02. The van der Waals surface area contributed by atoms with E-state index in [0.717, 1.165) is 25.1 Å². The monoisotopic (exact) mass is 248 g/mol. The lowest BCUT2D eigenvalue weighted by atomic mass is 10.2. The molecule has 0 unspecified atom stereocenters. The van der Waals surface area contributed by atoms with E-state index in [0.29, 0.717) is 13.2 Å². The number of rotatable bonds is 5. The van der Waals surface area contributed by atoms with Crippen LogP contribution in [0.3, 0.4) is 0 Å². The van der Waals surface area contributed by atoms with Gasteiger partial charge in [-0.1, -0.05) is 18.2 Å². The van der Waals surface area contributed by atoms with E-state index >= 15 is 0 Å². The van der Waals surface area contributed by atoms with E-state index in [1.165, 1.54) is 0 Å². The highest BCUT2D eigenvalue weighted by molar-refractivity contribution is 5.81. The lowest BCUT2D eigenvalue weighted by Gasteiger charge is -2.21. The van der Waals surface area contributed by atoms with E-state index in [2.05, 4.69) is 5.32 Å². The SMILES string of the molecule is CN(CCOc1ccccc1)C(=O)[C@H]1CCCN1. The molecular formula is C14H20N2O2. The van der Waals surface area contributed by atoms with Gasteiger partial charge in [0.05, 0.1) is 12.6 Å². The maximum atomic E-state index is 12.0. The van der Waals surface area contributed by atoms with Gasteiger partial charge in [-0.3, -0.25) is 4.79 Å². The summed E-state index contributed by atoms with van der Waals surface area (Å²) < 4.78 is 5.58. The van der Waals surface area contributed by atoms with Crippen LogP contribution in [0.25, 0.3) is 0 Å². The summed E-state index contributed by atoms with van der Waals surface area (Å²) in [5, 5.41) is 3.21. The van der Waals surface area contributed by atoms with Gasteiger partial charge < -0.3 is 15.0 Å². The molecule has 0 spiro atoms. The molecule has 1 aromatic rings. The molecule has 0 saturated carbocycles. The fourth-order valence-corrected chi connectivity index (χ4v) is 2.09. The fraction of sp³-hybridized carbons (Fsp3) is 0.500. The van der Waals surface area contributed by atoms with E-state index < -0.39 is 0 Å². The summed E-state index contributed by atoms with van der Waals surface area (Å²) >= 11 is 0. The van der Waals surface area contributed by atoms with E-state index in [4.69, 9.17) is 4.74 Å². The van der Waals surface area contributed by atoms with Crippen molar-refractivity contribution in [2.24, 2.45) is 0 Å². The molecule has 0 aliphatic carbocycles. The molecule has 18 heavy (non-hydrogen) atoms. The Balaban J connectivity index is 1.71. The summed E-state index contributed by atoms with van der Waals surface area (Å²) in [5.41, 5.74) is 0. The van der Waals surface area contributed by atoms with Crippen molar-refractivity contribution in [1.82, 2.24) is 10.2 Å². The number of para-hydroxylation sites is 1. The number of amides is 1. The maximum absolute atomic E-state index is 12.0. The number of carbonyl (C=O) groups is 1. The fourth-order valence-electron chi connectivity index (χ4n) is 2.09. The van der Waals surface area contributed by atoms with Crippen molar-refractivity contribution in [1.29, 1.82) is 0 Å². The van der Waals surface area contributed by atoms with E-state index in [1.54, 1.807) is 4.90 Å². The first-order valence-electron chi connectivity index (χ1n) is 6.43. The van der Waals surface area contributed by atoms with Gasteiger partial charge in [0.2, 0.25) is 5.91 Å². The van der Waals surface area contributed by atoms with E-state index in [9.17, 15) is 4.79 Å². The van der Waals surface area contributed by atoms with Crippen molar-refractivity contribution in [3.63, 3.8) is 0 Å². The lowest BCUT2D eigenvalue weighted by molar-refractivity contribution is -0.132. The zero-order valence-electron chi connectivity index (χ0n) is 10.8. The first-order chi connectivity index (χ1) is 8.77. The molecule has 0 radical (unpaired) electrons. The number of nitrogens with zero attached hydrogens (tertiary/aromatic N) is 1. The molecule has 2 rings (SSSR count). The molecule has 1 aliphatic heterocycles. The normalized spacial score (nSPS) is 18.6. The molecule has 98 valence electrons. The highest BCUT2D eigenvalue weighted by atomic mass is 16.5. The largest absolute Gasteiger partial charge is 0.492 e. The van der Waals surface area contributed by atoms with Crippen LogP contribution in [0.15, 0.2) is 30.3 Å². The summed E-state index contributed by atoms with van der Waals surface area (Å²) in [7, 11) is 1.83. The van der Waals surface area contributed by atoms with Gasteiger partial charge in [-0.15, -0.1) is 0 Å². The summed E-state index contributed by atoms with van der Waals surface area (Å²) in [6, 6.07) is 9.67. The van der Waals surface area contributed by atoms with Gasteiger partial charge in [0, 0.05) is 7.05 Å². The highest BCUT2D eigenvalue weighted by Crippen LogP contribution is 2.09. The van der Waals surface area contributed by atoms with Crippen molar-refractivity contribution < 1.29 is 9.53 Å². The third kappa shape index (κ3) is 3.47. The molecule has 0 bridgehead atoms. The predicted octanol–water partition coefficient (Wildman–Crippen LogP) is 1.28. The zero-order chi connectivity index (χ0) is 12.8. The number of likely N-dealkylation sites (N-methyl/N-ethyl adjacent to an activating group) is 1. The smallest absolute Gasteiger partial charge is 0.239 e. The molecule has 4 nitrogen and oxygen atoms in total. The standard InChI is InChI=1S/C14H20N2O2/c1-16(14(17)13-8-5-9-15-13)10-11-18-12-6-3-2-4-7-12/h2-4,6-7,13,15H,5,8-11H2,1H3/t13-/m1/s1. The molecule has 1 amide bonds. The first-order valence-corrected chi connectivity index (χ1v) is 6.43. The Kier molecular flexibility index (Phi) is 4.59. The quantitative estimate of drug-likeness (QED) is 0.853. The van der Waals surface area contributed by atoms with Gasteiger partial charge in [0.15, 0.2) is 0 Å². The van der Waals surface area contributed by atoms with Gasteiger partial charge in [-0.2, -0.15) is 0 Å². The van der Waals surface area contributed by atoms with Crippen molar-refractivity contribution in [2.45, 2.75) is 18.9 Å². The molecule has 4 heteroatoms. The van der Waals surface area contributed by atoms with Crippen LogP contribution in [0.5, 0.6) is 5.75 Å². The number of nitrogens with one attached hydrogen (secondary N) is 1.